The predicted molar refractivity (Wildman–Crippen MR) is 143 cm³/mol. The highest BCUT2D eigenvalue weighted by Crippen LogP contribution is 2.34. The molecule has 0 unspecified atom stereocenters. The van der Waals surface area contributed by atoms with Crippen molar-refractivity contribution in [1.29, 1.82) is 0 Å². The summed E-state index contributed by atoms with van der Waals surface area (Å²) in [7, 11) is 0. The summed E-state index contributed by atoms with van der Waals surface area (Å²) in [6, 6.07) is 30.4. The van der Waals surface area contributed by atoms with Crippen molar-refractivity contribution in [2.24, 2.45) is 0 Å². The van der Waals surface area contributed by atoms with Crippen LogP contribution in [0.4, 0.5) is 5.69 Å². The second-order valence-electron chi connectivity index (χ2n) is 8.77. The van der Waals surface area contributed by atoms with Gasteiger partial charge in [-0.25, -0.2) is 14.7 Å². The highest BCUT2D eigenvalue weighted by Gasteiger charge is 2.37. The first-order valence-corrected chi connectivity index (χ1v) is 11.8. The molecule has 1 aliphatic rings. The van der Waals surface area contributed by atoms with Crippen LogP contribution in [-0.2, 0) is 0 Å². The summed E-state index contributed by atoms with van der Waals surface area (Å²) in [5, 5.41) is 9.30. The molecule has 3 heterocycles. The van der Waals surface area contributed by atoms with Gasteiger partial charge in [-0.05, 0) is 54.6 Å². The zero-order valence-electron chi connectivity index (χ0n) is 19.9. The zero-order valence-corrected chi connectivity index (χ0v) is 19.9. The first kappa shape index (κ1) is 23.0. The fourth-order valence-corrected chi connectivity index (χ4v) is 4.53. The Morgan fingerprint density at radius 2 is 1.34 bits per heavy atom. The lowest BCUT2D eigenvalue weighted by Gasteiger charge is -2.16. The summed E-state index contributed by atoms with van der Waals surface area (Å²) in [6.07, 6.45) is 1.73. The van der Waals surface area contributed by atoms with Crippen molar-refractivity contribution < 1.29 is 19.5 Å². The minimum absolute atomic E-state index is 0.0514. The van der Waals surface area contributed by atoms with Crippen LogP contribution in [-0.4, -0.2) is 32.9 Å². The second-order valence-corrected chi connectivity index (χ2v) is 8.77. The van der Waals surface area contributed by atoms with E-state index in [-0.39, 0.29) is 16.7 Å². The van der Waals surface area contributed by atoms with Crippen molar-refractivity contribution in [3.63, 3.8) is 0 Å². The molecule has 7 heteroatoms. The number of hydrogen-bond donors (Lipinski definition) is 1. The largest absolute Gasteiger partial charge is 0.478 e. The Balaban J connectivity index is 1.44. The SMILES string of the molecule is O=C(O)c1ccc2c(c1)C(=O)N(c1cccc(-c3cc(-c4ccccn4)cc(-c4ccccc4)n3)c1)C2=O. The van der Waals surface area contributed by atoms with Crippen LogP contribution in [0.3, 0.4) is 0 Å². The molecule has 1 N–H and O–H groups in total. The molecule has 0 saturated heterocycles. The number of aromatic carboxylic acids is 1. The summed E-state index contributed by atoms with van der Waals surface area (Å²) >= 11 is 0. The van der Waals surface area contributed by atoms with Crippen molar-refractivity contribution >= 4 is 23.5 Å². The quantitative estimate of drug-likeness (QED) is 0.300. The van der Waals surface area contributed by atoms with E-state index in [0.29, 0.717) is 16.9 Å². The fraction of sp³-hybridized carbons (Fsp3) is 0. The summed E-state index contributed by atoms with van der Waals surface area (Å²) < 4.78 is 0. The maximum atomic E-state index is 13.2. The first-order valence-electron chi connectivity index (χ1n) is 11.8. The number of benzene rings is 3. The van der Waals surface area contributed by atoms with E-state index in [1.807, 2.05) is 66.7 Å². The zero-order chi connectivity index (χ0) is 26.2. The van der Waals surface area contributed by atoms with Crippen LogP contribution < -0.4 is 4.90 Å². The average molecular weight is 498 g/mol. The van der Waals surface area contributed by atoms with E-state index in [4.69, 9.17) is 4.98 Å². The Bertz CT molecular complexity index is 1680. The molecule has 0 atom stereocenters. The molecule has 5 aromatic rings. The average Bonchev–Trinajstić information content (AvgIpc) is 3.22. The number of hydrogen-bond acceptors (Lipinski definition) is 5. The number of pyridine rings is 2. The maximum Gasteiger partial charge on any atom is 0.335 e. The Morgan fingerprint density at radius 1 is 0.632 bits per heavy atom. The first-order chi connectivity index (χ1) is 18.5. The van der Waals surface area contributed by atoms with Gasteiger partial charge in [-0.3, -0.25) is 14.6 Å². The number of carboxylic acids is 1. The van der Waals surface area contributed by atoms with Gasteiger partial charge in [0.25, 0.3) is 11.8 Å². The highest BCUT2D eigenvalue weighted by atomic mass is 16.4. The molecule has 3 aromatic carbocycles. The molecule has 2 amide bonds. The fourth-order valence-electron chi connectivity index (χ4n) is 4.53. The van der Waals surface area contributed by atoms with Crippen LogP contribution in [0.15, 0.2) is 109 Å². The van der Waals surface area contributed by atoms with Crippen molar-refractivity contribution in [2.75, 3.05) is 4.90 Å². The van der Waals surface area contributed by atoms with Gasteiger partial charge in [0.15, 0.2) is 0 Å². The third-order valence-electron chi connectivity index (χ3n) is 6.39. The number of aromatic nitrogens is 2. The number of anilines is 1. The molecular formula is C31H19N3O4. The highest BCUT2D eigenvalue weighted by molar-refractivity contribution is 6.34. The molecule has 182 valence electrons. The number of rotatable bonds is 5. The standard InChI is InChI=1S/C31H19N3O4/c35-29-24-13-12-21(31(37)38)16-25(24)30(36)34(29)23-10-6-9-20(15-23)28-18-22(26-11-4-5-14-32-26)17-27(33-28)19-7-2-1-3-8-19/h1-18H,(H,37,38). The van der Waals surface area contributed by atoms with Crippen molar-refractivity contribution in [2.45, 2.75) is 0 Å². The van der Waals surface area contributed by atoms with Gasteiger partial charge >= 0.3 is 5.97 Å². The normalized spacial score (nSPS) is 12.5. The summed E-state index contributed by atoms with van der Waals surface area (Å²) in [4.78, 5) is 48.2. The minimum Gasteiger partial charge on any atom is -0.478 e. The van der Waals surface area contributed by atoms with Crippen LogP contribution in [0, 0.1) is 0 Å². The lowest BCUT2D eigenvalue weighted by Crippen LogP contribution is -2.29. The van der Waals surface area contributed by atoms with Gasteiger partial charge < -0.3 is 5.11 Å². The lowest BCUT2D eigenvalue weighted by molar-refractivity contribution is 0.0696. The van der Waals surface area contributed by atoms with E-state index in [2.05, 4.69) is 4.98 Å². The summed E-state index contributed by atoms with van der Waals surface area (Å²) in [5.74, 6) is -2.23. The third-order valence-corrected chi connectivity index (χ3v) is 6.39. The molecule has 0 bridgehead atoms. The topological polar surface area (TPSA) is 100 Å². The maximum absolute atomic E-state index is 13.2. The number of amides is 2. The van der Waals surface area contributed by atoms with Gasteiger partial charge in [0.1, 0.15) is 0 Å². The Labute approximate surface area is 217 Å². The molecule has 0 radical (unpaired) electrons. The molecule has 0 aliphatic carbocycles. The van der Waals surface area contributed by atoms with E-state index in [1.165, 1.54) is 18.2 Å². The van der Waals surface area contributed by atoms with Crippen molar-refractivity contribution in [1.82, 2.24) is 9.97 Å². The number of nitrogens with zero attached hydrogens (tertiary/aromatic N) is 3. The van der Waals surface area contributed by atoms with E-state index in [9.17, 15) is 19.5 Å². The summed E-state index contributed by atoms with van der Waals surface area (Å²) in [5.41, 5.74) is 5.29. The molecule has 0 saturated carbocycles. The second kappa shape index (κ2) is 9.22. The monoisotopic (exact) mass is 497 g/mol. The molecule has 2 aromatic heterocycles. The smallest absolute Gasteiger partial charge is 0.335 e. The minimum atomic E-state index is -1.17. The van der Waals surface area contributed by atoms with Gasteiger partial charge in [0.05, 0.1) is 39.5 Å². The van der Waals surface area contributed by atoms with Crippen LogP contribution in [0.2, 0.25) is 0 Å². The third kappa shape index (κ3) is 4.02. The number of carbonyl (C=O) groups is 3. The number of carboxylic acid groups (broad SMARTS) is 1. The number of fused-ring (bicyclic) bond motifs is 1. The molecule has 38 heavy (non-hydrogen) atoms. The predicted octanol–water partition coefficient (Wildman–Crippen LogP) is 5.98. The Morgan fingerprint density at radius 3 is 2.08 bits per heavy atom. The molecule has 0 spiro atoms. The van der Waals surface area contributed by atoms with Crippen molar-refractivity contribution in [3.8, 4) is 33.8 Å². The van der Waals surface area contributed by atoms with Crippen LogP contribution in [0.5, 0.6) is 0 Å². The van der Waals surface area contributed by atoms with Crippen molar-refractivity contribution in [3.05, 3.63) is 126 Å². The van der Waals surface area contributed by atoms with E-state index >= 15 is 0 Å². The van der Waals surface area contributed by atoms with Gasteiger partial charge in [0.2, 0.25) is 0 Å². The van der Waals surface area contributed by atoms with E-state index < -0.39 is 17.8 Å². The van der Waals surface area contributed by atoms with E-state index in [1.54, 1.807) is 24.4 Å². The van der Waals surface area contributed by atoms with Crippen LogP contribution >= 0.6 is 0 Å². The van der Waals surface area contributed by atoms with Gasteiger partial charge in [0, 0.05) is 22.9 Å². The molecule has 1 aliphatic heterocycles. The van der Waals surface area contributed by atoms with Gasteiger partial charge in [-0.1, -0.05) is 48.5 Å². The molecule has 6 rings (SSSR count). The Kier molecular flexibility index (Phi) is 5.58. The molecule has 7 nitrogen and oxygen atoms in total. The van der Waals surface area contributed by atoms with Crippen LogP contribution in [0.25, 0.3) is 33.8 Å². The number of carbonyl (C=O) groups excluding carboxylic acids is 2. The van der Waals surface area contributed by atoms with Gasteiger partial charge in [-0.2, -0.15) is 0 Å². The number of imide groups is 1. The summed E-state index contributed by atoms with van der Waals surface area (Å²) in [6.45, 7) is 0. The Hall–Kier alpha value is -5.43. The molecular weight excluding hydrogens is 478 g/mol. The molecule has 0 fully saturated rings. The lowest BCUT2D eigenvalue weighted by atomic mass is 10.0. The van der Waals surface area contributed by atoms with Crippen LogP contribution in [0.1, 0.15) is 31.1 Å². The van der Waals surface area contributed by atoms with Gasteiger partial charge in [-0.15, -0.1) is 0 Å². The van der Waals surface area contributed by atoms with E-state index in [0.717, 1.165) is 27.4 Å².